The maximum Gasteiger partial charge on any atom is 0.256 e. The fraction of sp³-hybridized carbons (Fsp3) is 0. The summed E-state index contributed by atoms with van der Waals surface area (Å²) in [4.78, 5) is 17.6. The van der Waals surface area contributed by atoms with E-state index >= 15 is 0 Å². The Kier molecular flexibility index (Phi) is 4.79. The van der Waals surface area contributed by atoms with Crippen molar-refractivity contribution in [3.8, 4) is 11.5 Å². The summed E-state index contributed by atoms with van der Waals surface area (Å²) >= 11 is 18.2. The van der Waals surface area contributed by atoms with Crippen molar-refractivity contribution in [3.05, 3.63) is 81.5 Å². The van der Waals surface area contributed by atoms with Crippen LogP contribution < -0.4 is 5.32 Å². The molecule has 0 aliphatic rings. The number of nitrogens with zero attached hydrogens (tertiary/aromatic N) is 1. The second-order valence-corrected chi connectivity index (χ2v) is 6.97. The number of furan rings is 1. The average Bonchev–Trinajstić information content (AvgIpc) is 3.20. The lowest BCUT2D eigenvalue weighted by Crippen LogP contribution is -2.13. The van der Waals surface area contributed by atoms with Crippen molar-refractivity contribution in [3.63, 3.8) is 0 Å². The zero-order chi connectivity index (χ0) is 19.0. The standard InChI is InChI=1S/C20H11Cl3N2O2/c21-13-9-15(23)17(10-14(13)22)25-20(26)12-8-18(19-6-3-7-27-19)24-16-5-2-1-4-11(12)16/h1-10H,(H,25,26). The van der Waals surface area contributed by atoms with Crippen LogP contribution in [0.2, 0.25) is 15.1 Å². The number of anilines is 1. The van der Waals surface area contributed by atoms with Crippen molar-refractivity contribution in [1.29, 1.82) is 0 Å². The van der Waals surface area contributed by atoms with Gasteiger partial charge in [0, 0.05) is 5.39 Å². The third-order valence-electron chi connectivity index (χ3n) is 3.99. The van der Waals surface area contributed by atoms with Gasteiger partial charge in [0.15, 0.2) is 5.76 Å². The summed E-state index contributed by atoms with van der Waals surface area (Å²) in [6.45, 7) is 0. The number of rotatable bonds is 3. The number of halogens is 3. The van der Waals surface area contributed by atoms with Gasteiger partial charge in [0.1, 0.15) is 5.69 Å². The highest BCUT2D eigenvalue weighted by molar-refractivity contribution is 6.44. The molecule has 2 aromatic heterocycles. The molecule has 0 unspecified atom stereocenters. The second kappa shape index (κ2) is 7.24. The Balaban J connectivity index is 1.80. The zero-order valence-corrected chi connectivity index (χ0v) is 15.9. The predicted octanol–water partition coefficient (Wildman–Crippen LogP) is 6.71. The number of pyridine rings is 1. The summed E-state index contributed by atoms with van der Waals surface area (Å²) in [6.07, 6.45) is 1.56. The molecule has 0 saturated heterocycles. The van der Waals surface area contributed by atoms with E-state index in [0.29, 0.717) is 48.7 Å². The third kappa shape index (κ3) is 3.52. The molecule has 134 valence electrons. The number of para-hydroxylation sites is 1. The number of carbonyl (C=O) groups excluding carboxylic acids is 1. The van der Waals surface area contributed by atoms with Crippen LogP contribution in [0.1, 0.15) is 10.4 Å². The lowest BCUT2D eigenvalue weighted by atomic mass is 10.1. The molecule has 4 nitrogen and oxygen atoms in total. The highest BCUT2D eigenvalue weighted by Gasteiger charge is 2.17. The molecule has 1 amide bonds. The minimum atomic E-state index is -0.346. The topological polar surface area (TPSA) is 55.1 Å². The molecule has 2 aromatic carbocycles. The van der Waals surface area contributed by atoms with E-state index < -0.39 is 0 Å². The molecule has 0 bridgehead atoms. The molecule has 1 N–H and O–H groups in total. The number of carbonyl (C=O) groups is 1. The van der Waals surface area contributed by atoms with Crippen molar-refractivity contribution in [2.75, 3.05) is 5.32 Å². The Morgan fingerprint density at radius 1 is 0.926 bits per heavy atom. The van der Waals surface area contributed by atoms with Crippen molar-refractivity contribution in [2.24, 2.45) is 0 Å². The number of fused-ring (bicyclic) bond motifs is 1. The Morgan fingerprint density at radius 2 is 1.70 bits per heavy atom. The molecular weight excluding hydrogens is 407 g/mol. The molecule has 4 rings (SSSR count). The quantitative estimate of drug-likeness (QED) is 0.377. The van der Waals surface area contributed by atoms with E-state index in [0.717, 1.165) is 0 Å². The van der Waals surface area contributed by atoms with Gasteiger partial charge in [0.2, 0.25) is 0 Å². The van der Waals surface area contributed by atoms with Gasteiger partial charge in [0.25, 0.3) is 5.91 Å². The van der Waals surface area contributed by atoms with Gasteiger partial charge in [-0.1, -0.05) is 53.0 Å². The molecule has 0 radical (unpaired) electrons. The summed E-state index contributed by atoms with van der Waals surface area (Å²) in [5.41, 5.74) is 2.05. The Morgan fingerprint density at radius 3 is 2.48 bits per heavy atom. The zero-order valence-electron chi connectivity index (χ0n) is 13.7. The molecule has 0 aliphatic heterocycles. The van der Waals surface area contributed by atoms with Gasteiger partial charge in [-0.25, -0.2) is 4.98 Å². The van der Waals surface area contributed by atoms with Crippen molar-refractivity contribution < 1.29 is 9.21 Å². The first-order valence-electron chi connectivity index (χ1n) is 7.92. The second-order valence-electron chi connectivity index (χ2n) is 5.75. The van der Waals surface area contributed by atoms with Crippen LogP contribution in [0.4, 0.5) is 5.69 Å². The lowest BCUT2D eigenvalue weighted by molar-refractivity contribution is 0.102. The molecular formula is C20H11Cl3N2O2. The van der Waals surface area contributed by atoms with Gasteiger partial charge in [-0.3, -0.25) is 4.79 Å². The number of hydrogen-bond acceptors (Lipinski definition) is 3. The minimum absolute atomic E-state index is 0.294. The molecule has 7 heteroatoms. The first kappa shape index (κ1) is 17.9. The van der Waals surface area contributed by atoms with Crippen LogP contribution in [0.3, 0.4) is 0 Å². The summed E-state index contributed by atoms with van der Waals surface area (Å²) in [6, 6.07) is 15.6. The smallest absolute Gasteiger partial charge is 0.256 e. The van der Waals surface area contributed by atoms with Gasteiger partial charge in [-0.05, 0) is 36.4 Å². The van der Waals surface area contributed by atoms with Crippen molar-refractivity contribution in [1.82, 2.24) is 4.98 Å². The van der Waals surface area contributed by atoms with E-state index in [2.05, 4.69) is 10.3 Å². The van der Waals surface area contributed by atoms with Crippen LogP contribution in [-0.4, -0.2) is 10.9 Å². The van der Waals surface area contributed by atoms with Gasteiger partial charge >= 0.3 is 0 Å². The molecule has 4 aromatic rings. The van der Waals surface area contributed by atoms with Crippen LogP contribution in [0.5, 0.6) is 0 Å². The summed E-state index contributed by atoms with van der Waals surface area (Å²) in [5.74, 6) is 0.226. The first-order chi connectivity index (χ1) is 13.0. The summed E-state index contributed by atoms with van der Waals surface area (Å²) in [5, 5.41) is 4.40. The summed E-state index contributed by atoms with van der Waals surface area (Å²) in [7, 11) is 0. The molecule has 0 atom stereocenters. The van der Waals surface area contributed by atoms with Crippen LogP contribution in [0.25, 0.3) is 22.4 Å². The lowest BCUT2D eigenvalue weighted by Gasteiger charge is -2.11. The predicted molar refractivity (Wildman–Crippen MR) is 109 cm³/mol. The van der Waals surface area contributed by atoms with E-state index in [9.17, 15) is 4.79 Å². The SMILES string of the molecule is O=C(Nc1cc(Cl)c(Cl)cc1Cl)c1cc(-c2ccco2)nc2ccccc12. The largest absolute Gasteiger partial charge is 0.463 e. The van der Waals surface area contributed by atoms with E-state index in [1.807, 2.05) is 24.3 Å². The van der Waals surface area contributed by atoms with Crippen molar-refractivity contribution >= 4 is 57.3 Å². The molecule has 0 aliphatic carbocycles. The highest BCUT2D eigenvalue weighted by atomic mass is 35.5. The average molecular weight is 418 g/mol. The third-order valence-corrected chi connectivity index (χ3v) is 5.03. The Bertz CT molecular complexity index is 1160. The van der Waals surface area contributed by atoms with E-state index in [1.165, 1.54) is 12.1 Å². The fourth-order valence-electron chi connectivity index (χ4n) is 2.72. The van der Waals surface area contributed by atoms with Gasteiger partial charge in [0.05, 0.1) is 38.1 Å². The van der Waals surface area contributed by atoms with E-state index in [1.54, 1.807) is 24.5 Å². The molecule has 0 fully saturated rings. The maximum atomic E-state index is 13.0. The number of benzene rings is 2. The van der Waals surface area contributed by atoms with Gasteiger partial charge < -0.3 is 9.73 Å². The monoisotopic (exact) mass is 416 g/mol. The van der Waals surface area contributed by atoms with Crippen LogP contribution in [0.15, 0.2) is 65.3 Å². The molecule has 0 saturated carbocycles. The molecule has 27 heavy (non-hydrogen) atoms. The fourth-order valence-corrected chi connectivity index (χ4v) is 3.32. The van der Waals surface area contributed by atoms with Crippen molar-refractivity contribution in [2.45, 2.75) is 0 Å². The minimum Gasteiger partial charge on any atom is -0.463 e. The Hall–Kier alpha value is -2.53. The number of amides is 1. The van der Waals surface area contributed by atoms with E-state index in [4.69, 9.17) is 39.2 Å². The van der Waals surface area contributed by atoms with Crippen LogP contribution >= 0.6 is 34.8 Å². The number of hydrogen-bond donors (Lipinski definition) is 1. The van der Waals surface area contributed by atoms with Gasteiger partial charge in [-0.15, -0.1) is 0 Å². The van der Waals surface area contributed by atoms with Gasteiger partial charge in [-0.2, -0.15) is 0 Å². The highest BCUT2D eigenvalue weighted by Crippen LogP contribution is 2.33. The normalized spacial score (nSPS) is 10.9. The van der Waals surface area contributed by atoms with Crippen LogP contribution in [-0.2, 0) is 0 Å². The first-order valence-corrected chi connectivity index (χ1v) is 9.06. The Labute approximate surface area is 169 Å². The molecule has 2 heterocycles. The summed E-state index contributed by atoms with van der Waals surface area (Å²) < 4.78 is 5.42. The number of nitrogens with one attached hydrogen (secondary N) is 1. The van der Waals surface area contributed by atoms with Crippen LogP contribution in [0, 0.1) is 0 Å². The van der Waals surface area contributed by atoms with E-state index in [-0.39, 0.29) is 5.91 Å². The maximum absolute atomic E-state index is 13.0. The number of aromatic nitrogens is 1. The molecule has 0 spiro atoms.